The Morgan fingerprint density at radius 3 is 1.97 bits per heavy atom. The van der Waals surface area contributed by atoms with Gasteiger partial charge in [-0.25, -0.2) is 14.2 Å². The largest absolute Gasteiger partial charge is 0.433 e. The number of aryl methyl sites for hydroxylation is 1. The highest BCUT2D eigenvalue weighted by Crippen LogP contribution is 2.35. The molecule has 5 aromatic rings. The van der Waals surface area contributed by atoms with Gasteiger partial charge in [-0.2, -0.15) is 13.2 Å². The normalized spacial score (nSPS) is 12.7. The maximum Gasteiger partial charge on any atom is 0.433 e. The van der Waals surface area contributed by atoms with Gasteiger partial charge in [0.2, 0.25) is 0 Å². The lowest BCUT2D eigenvalue weighted by Crippen LogP contribution is -2.31. The van der Waals surface area contributed by atoms with Crippen LogP contribution in [-0.2, 0) is 12.7 Å². The molecule has 1 atom stereocenters. The van der Waals surface area contributed by atoms with E-state index in [9.17, 15) is 23.1 Å². The van der Waals surface area contributed by atoms with Gasteiger partial charge in [-0.05, 0) is 60.9 Å². The van der Waals surface area contributed by atoms with E-state index in [1.165, 1.54) is 29.1 Å². The van der Waals surface area contributed by atoms with Crippen molar-refractivity contribution in [2.24, 2.45) is 0 Å². The third-order valence-corrected chi connectivity index (χ3v) is 6.78. The molecule has 0 spiro atoms. The van der Waals surface area contributed by atoms with E-state index < -0.39 is 23.5 Å². The fourth-order valence-electron chi connectivity index (χ4n) is 4.38. The second-order valence-electron chi connectivity index (χ2n) is 8.93. The summed E-state index contributed by atoms with van der Waals surface area (Å²) in [5, 5.41) is 19.9. The first kappa shape index (κ1) is 26.9. The number of aliphatic hydroxyl groups excluding tert-OH is 1. The number of alkyl halides is 3. The van der Waals surface area contributed by atoms with Crippen molar-refractivity contribution in [3.63, 3.8) is 0 Å². The van der Waals surface area contributed by atoms with Crippen molar-refractivity contribution in [1.29, 1.82) is 0 Å². The van der Waals surface area contributed by atoms with E-state index >= 15 is 0 Å². The molecule has 0 unspecified atom stereocenters. The Bertz CT molecular complexity index is 1750. The van der Waals surface area contributed by atoms with Crippen molar-refractivity contribution in [3.8, 4) is 22.3 Å². The predicted octanol–water partition coefficient (Wildman–Crippen LogP) is 6.36. The SMILES string of the molecule is Cc1nc(C(F)(F)F)ccc1Cn1c(=O)c(-c2ccc(Cl)cc2)c(-c2ccc(Cl)cc2)c2nnc([C@@H](C)O)n21. The molecule has 0 fully saturated rings. The van der Waals surface area contributed by atoms with Crippen LogP contribution in [0.1, 0.15) is 35.8 Å². The molecule has 39 heavy (non-hydrogen) atoms. The van der Waals surface area contributed by atoms with Crippen LogP contribution in [0.2, 0.25) is 10.0 Å². The molecule has 200 valence electrons. The summed E-state index contributed by atoms with van der Waals surface area (Å²) in [6, 6.07) is 15.6. The van der Waals surface area contributed by atoms with Gasteiger partial charge in [0.1, 0.15) is 11.8 Å². The third-order valence-electron chi connectivity index (χ3n) is 6.27. The Hall–Kier alpha value is -3.73. The van der Waals surface area contributed by atoms with Gasteiger partial charge in [-0.15, -0.1) is 10.2 Å². The average molecular weight is 574 g/mol. The zero-order valence-electron chi connectivity index (χ0n) is 20.5. The first-order chi connectivity index (χ1) is 18.5. The number of fused-ring (bicyclic) bond motifs is 1. The highest BCUT2D eigenvalue weighted by atomic mass is 35.5. The summed E-state index contributed by atoms with van der Waals surface area (Å²) in [5.74, 6) is 0.0810. The van der Waals surface area contributed by atoms with Gasteiger partial charge in [-0.3, -0.25) is 4.79 Å². The zero-order valence-corrected chi connectivity index (χ0v) is 22.1. The minimum Gasteiger partial charge on any atom is -0.385 e. The molecule has 0 bridgehead atoms. The minimum absolute atomic E-state index is 0.0810. The lowest BCUT2D eigenvalue weighted by atomic mass is 9.96. The number of rotatable bonds is 5. The van der Waals surface area contributed by atoms with Gasteiger partial charge in [0.25, 0.3) is 5.56 Å². The molecule has 5 rings (SSSR count). The maximum absolute atomic E-state index is 14.3. The van der Waals surface area contributed by atoms with Gasteiger partial charge >= 0.3 is 6.18 Å². The number of hydrogen-bond acceptors (Lipinski definition) is 5. The van der Waals surface area contributed by atoms with Crippen LogP contribution in [0, 0.1) is 6.92 Å². The van der Waals surface area contributed by atoms with Crippen LogP contribution in [0.5, 0.6) is 0 Å². The first-order valence-electron chi connectivity index (χ1n) is 11.7. The molecule has 3 aromatic heterocycles. The molecular formula is C27H20Cl2F3N5O2. The molecule has 0 aliphatic carbocycles. The maximum atomic E-state index is 14.3. The van der Waals surface area contributed by atoms with E-state index in [4.69, 9.17) is 23.2 Å². The van der Waals surface area contributed by atoms with E-state index in [0.29, 0.717) is 32.3 Å². The Kier molecular flexibility index (Phi) is 6.96. The summed E-state index contributed by atoms with van der Waals surface area (Å²) in [4.78, 5) is 18.0. The second kappa shape index (κ2) is 10.1. The fourth-order valence-corrected chi connectivity index (χ4v) is 4.63. The van der Waals surface area contributed by atoms with Crippen molar-refractivity contribution in [2.75, 3.05) is 0 Å². The summed E-state index contributed by atoms with van der Waals surface area (Å²) < 4.78 is 42.3. The van der Waals surface area contributed by atoms with Gasteiger partial charge in [0.15, 0.2) is 11.5 Å². The third kappa shape index (κ3) is 5.03. The van der Waals surface area contributed by atoms with Crippen LogP contribution in [-0.4, -0.2) is 29.5 Å². The van der Waals surface area contributed by atoms with Crippen molar-refractivity contribution >= 4 is 28.8 Å². The number of benzene rings is 2. The number of aliphatic hydroxyl groups is 1. The van der Waals surface area contributed by atoms with Crippen LogP contribution in [0.4, 0.5) is 13.2 Å². The summed E-state index contributed by atoms with van der Waals surface area (Å²) in [6.45, 7) is 2.76. The van der Waals surface area contributed by atoms with Crippen molar-refractivity contribution in [2.45, 2.75) is 32.7 Å². The molecule has 3 heterocycles. The first-order valence-corrected chi connectivity index (χ1v) is 12.5. The molecule has 0 aliphatic rings. The summed E-state index contributed by atoms with van der Waals surface area (Å²) in [5.41, 5.74) is 1.08. The van der Waals surface area contributed by atoms with Crippen LogP contribution in [0.3, 0.4) is 0 Å². The van der Waals surface area contributed by atoms with Crippen molar-refractivity contribution in [1.82, 2.24) is 24.4 Å². The summed E-state index contributed by atoms with van der Waals surface area (Å²) in [7, 11) is 0. The standard InChI is InChI=1S/C27H20Cl2F3N5O2/c1-14-18(7-12-21(33-14)27(30,31)32)13-36-26(39)23(17-5-10-20(29)11-6-17)22(16-3-8-19(28)9-4-16)25-35-34-24(15(2)38)37(25)36/h3-12,15,38H,13H2,1-2H3/t15-/m1/s1. The number of pyridine rings is 1. The molecule has 7 nitrogen and oxygen atoms in total. The molecule has 0 radical (unpaired) electrons. The smallest absolute Gasteiger partial charge is 0.385 e. The Balaban J connectivity index is 1.85. The average Bonchev–Trinajstić information content (AvgIpc) is 3.32. The van der Waals surface area contributed by atoms with Crippen LogP contribution in [0.15, 0.2) is 65.5 Å². The predicted molar refractivity (Wildman–Crippen MR) is 142 cm³/mol. The lowest BCUT2D eigenvalue weighted by molar-refractivity contribution is -0.141. The van der Waals surface area contributed by atoms with E-state index in [1.54, 1.807) is 48.5 Å². The van der Waals surface area contributed by atoms with E-state index in [0.717, 1.165) is 6.07 Å². The van der Waals surface area contributed by atoms with Gasteiger partial charge in [-0.1, -0.05) is 53.5 Å². The Morgan fingerprint density at radius 2 is 1.46 bits per heavy atom. The number of aromatic nitrogens is 5. The number of halogens is 5. The van der Waals surface area contributed by atoms with E-state index in [2.05, 4.69) is 15.2 Å². The quantitative estimate of drug-likeness (QED) is 0.264. The van der Waals surface area contributed by atoms with Gasteiger partial charge in [0, 0.05) is 21.3 Å². The van der Waals surface area contributed by atoms with Crippen molar-refractivity contribution < 1.29 is 18.3 Å². The molecule has 1 N–H and O–H groups in total. The van der Waals surface area contributed by atoms with Gasteiger partial charge < -0.3 is 5.11 Å². The van der Waals surface area contributed by atoms with Crippen molar-refractivity contribution in [3.05, 3.63) is 104 Å². The van der Waals surface area contributed by atoms with Gasteiger partial charge in [0.05, 0.1) is 12.1 Å². The molecule has 0 saturated heterocycles. The summed E-state index contributed by atoms with van der Waals surface area (Å²) in [6.07, 6.45) is -5.72. The molecule has 0 saturated carbocycles. The molecule has 0 amide bonds. The van der Waals surface area contributed by atoms with Crippen LogP contribution in [0.25, 0.3) is 27.9 Å². The fraction of sp³-hybridized carbons (Fsp3) is 0.185. The molecule has 2 aromatic carbocycles. The molecule has 12 heteroatoms. The topological polar surface area (TPSA) is 85.3 Å². The second-order valence-corrected chi connectivity index (χ2v) is 9.81. The lowest BCUT2D eigenvalue weighted by Gasteiger charge is -2.19. The monoisotopic (exact) mass is 573 g/mol. The number of nitrogens with zero attached hydrogens (tertiary/aromatic N) is 5. The van der Waals surface area contributed by atoms with Crippen LogP contribution < -0.4 is 5.56 Å². The Labute approximate surface area is 230 Å². The van der Waals surface area contributed by atoms with E-state index in [-0.39, 0.29) is 29.3 Å². The molecular weight excluding hydrogens is 554 g/mol. The van der Waals surface area contributed by atoms with Crippen LogP contribution >= 0.6 is 23.2 Å². The Morgan fingerprint density at radius 1 is 0.897 bits per heavy atom. The molecule has 0 aliphatic heterocycles. The summed E-state index contributed by atoms with van der Waals surface area (Å²) >= 11 is 12.2. The highest BCUT2D eigenvalue weighted by molar-refractivity contribution is 6.31. The zero-order chi connectivity index (χ0) is 28.1. The minimum atomic E-state index is -4.61. The van der Waals surface area contributed by atoms with E-state index in [1.807, 2.05) is 0 Å². The highest BCUT2D eigenvalue weighted by Gasteiger charge is 2.33. The number of hydrogen-bond donors (Lipinski definition) is 1.